The predicted octanol–water partition coefficient (Wildman–Crippen LogP) is 22.0. The molecule has 0 bridgehead atoms. The first kappa shape index (κ1) is 110. The summed E-state index contributed by atoms with van der Waals surface area (Å²) in [5.41, 5.74) is 13.3. The van der Waals surface area contributed by atoms with Crippen molar-refractivity contribution in [3.05, 3.63) is 282 Å². The van der Waals surface area contributed by atoms with Gasteiger partial charge >= 0.3 is 46.6 Å². The number of carboxylic acids is 1. The fourth-order valence-corrected chi connectivity index (χ4v) is 13.6. The van der Waals surface area contributed by atoms with Crippen LogP contribution in [0.1, 0.15) is 136 Å². The zero-order valence-electron chi connectivity index (χ0n) is 80.1. The molecular formula is C100H107BrN12O27S. The Morgan fingerprint density at radius 3 is 0.986 bits per heavy atom. The normalized spacial score (nSPS) is 11.9. The van der Waals surface area contributed by atoms with E-state index in [9.17, 15) is 97.2 Å². The van der Waals surface area contributed by atoms with E-state index in [1.54, 1.807) is 279 Å². The van der Waals surface area contributed by atoms with E-state index in [2.05, 4.69) is 47.8 Å². The highest BCUT2D eigenvalue weighted by Crippen LogP contribution is 2.39. The van der Waals surface area contributed by atoms with Crippen LogP contribution < -0.4 is 51.6 Å². The number of carbonyl (C=O) groups is 9. The molecule has 2 heterocycles. The zero-order chi connectivity index (χ0) is 105. The number of amides is 8. The maximum Gasteiger partial charge on any atom is 0.412 e. The molecule has 39 nitrogen and oxygen atoms in total. The number of nitrogens with one attached hydrogen (secondary N) is 6. The Morgan fingerprint density at radius 1 is 0.369 bits per heavy atom. The van der Waals surface area contributed by atoms with Gasteiger partial charge in [0, 0.05) is 53.7 Å². The summed E-state index contributed by atoms with van der Waals surface area (Å²) in [5.74, 6) is -0.781. The van der Waals surface area contributed by atoms with Gasteiger partial charge in [0.25, 0.3) is 23.0 Å². The topological polar surface area (TPSA) is 558 Å². The smallest absolute Gasteiger partial charge is 0.412 e. The lowest BCUT2D eigenvalue weighted by atomic mass is 10.0. The number of fused-ring (bicyclic) bond motifs is 2. The van der Waals surface area contributed by atoms with E-state index in [1.165, 1.54) is 66.7 Å². The van der Waals surface area contributed by atoms with Crippen LogP contribution in [-0.4, -0.2) is 146 Å². The Labute approximate surface area is 820 Å². The van der Waals surface area contributed by atoms with Crippen LogP contribution in [0, 0.1) is 30.3 Å². The van der Waals surface area contributed by atoms with Gasteiger partial charge in [-0.25, -0.2) is 28.8 Å². The fraction of sp³-hybridized carbons (Fsp3) is 0.250. The molecule has 0 radical (unpaired) electrons. The number of nitrogens with zero attached hydrogens (tertiary/aromatic N) is 5. The first-order valence-corrected chi connectivity index (χ1v) is 45.4. The maximum absolute atomic E-state index is 13.1. The van der Waals surface area contributed by atoms with Crippen LogP contribution in [-0.2, 0) is 56.2 Å². The lowest BCUT2D eigenvalue weighted by molar-refractivity contribution is -0.384. The van der Waals surface area contributed by atoms with Crippen molar-refractivity contribution >= 4 is 148 Å². The van der Waals surface area contributed by atoms with Crippen molar-refractivity contribution in [3.8, 4) is 67.5 Å². The minimum atomic E-state index is -3.64. The zero-order valence-corrected chi connectivity index (χ0v) is 82.5. The van der Waals surface area contributed by atoms with E-state index in [0.717, 1.165) is 51.0 Å². The number of phenols is 3. The highest BCUT2D eigenvalue weighted by atomic mass is 79.9. The van der Waals surface area contributed by atoms with Gasteiger partial charge in [-0.3, -0.25) is 71.3 Å². The van der Waals surface area contributed by atoms with Gasteiger partial charge in [-0.2, -0.15) is 8.42 Å². The van der Waals surface area contributed by atoms with Crippen LogP contribution in [0.4, 0.5) is 92.2 Å². The predicted molar refractivity (Wildman–Crippen MR) is 538 cm³/mol. The molecule has 2 aliphatic rings. The van der Waals surface area contributed by atoms with E-state index in [0.29, 0.717) is 61.5 Å². The molecule has 0 unspecified atom stereocenters. The standard InChI is InChI=1S/C27H27N3O5.C18H20N2O7S.C17H18N2O5.C17H20N2O3.C11H13BrN2O4.C10H9NO3/c1-27(2,3)35-26(34)29-21-11-7-17(16-5-9-20(31)10-6-16)14-22(21)28-25(33)18-8-12-23-19(13-18)15-24(32)30(23)4;1-18(2,3)26-17(21)19-15-10-7-13(11-16(15)20(22)23)12-5-8-14(9-6-12)27-28(4,24)25;1-17(2,3)24-16(21)18-14-9-6-12(10-15(14)19(22)23)11-4-7-13(20)8-5-11;1-17(2,3)22-16(21)19-15-9-6-12(10-14(15)18)11-4-7-13(20)8-5-11;1-11(2,3)18-10(15)13-8-5-4-7(12)6-9(8)14(16)17;1-11-8-3-2-6(10(13)14)4-7(8)5-9(11)12/h5-14,31H,15H2,1-4H3,(H,28,33)(H,29,34);5-11H,1-4H3,(H,19,21);4-10,20H,1-3H3,(H,18,21);4-10,20H,18H2,1-3H3,(H,19,21);4-6H,1-3H3,(H,13,15);2-4H,5H2,1H3,(H,13,14). The molecule has 8 amide bonds. The van der Waals surface area contributed by atoms with Crippen molar-refractivity contribution in [2.24, 2.45) is 0 Å². The van der Waals surface area contributed by atoms with Gasteiger partial charge in [0.15, 0.2) is 0 Å². The van der Waals surface area contributed by atoms with Gasteiger partial charge in [-0.1, -0.05) is 88.7 Å². The number of carbonyl (C=O) groups excluding carboxylic acids is 8. The number of benzene rings is 11. The van der Waals surface area contributed by atoms with E-state index in [4.69, 9.17) is 38.7 Å². The SMILES string of the molecule is CC(C)(C)OC(=O)Nc1ccc(-c2ccc(O)cc2)cc1N.CC(C)(C)OC(=O)Nc1ccc(-c2ccc(O)cc2)cc1[N+](=O)[O-].CC(C)(C)OC(=O)Nc1ccc(-c2ccc(OS(C)(=O)=O)cc2)cc1[N+](=O)[O-].CC(C)(C)OC(=O)Nc1ccc(Br)cc1[N+](=O)[O-].CN1C(=O)Cc2cc(C(=O)Nc3cc(-c4ccc(O)cc4)ccc3NC(=O)OC(C)(C)C)ccc21.CN1C(=O)Cc2cc(C(=O)O)ccc21. The number of nitro benzene ring substituents is 3. The number of hydrogen-bond donors (Lipinski definition) is 11. The first-order valence-electron chi connectivity index (χ1n) is 42.8. The van der Waals surface area contributed by atoms with Crippen LogP contribution in [0.3, 0.4) is 0 Å². The summed E-state index contributed by atoms with van der Waals surface area (Å²) < 4.78 is 53.4. The molecule has 0 aromatic heterocycles. The summed E-state index contributed by atoms with van der Waals surface area (Å²) >= 11 is 3.13. The Morgan fingerprint density at radius 2 is 0.652 bits per heavy atom. The first-order chi connectivity index (χ1) is 65.5. The van der Waals surface area contributed by atoms with Gasteiger partial charge < -0.3 is 69.1 Å². The van der Waals surface area contributed by atoms with Crippen molar-refractivity contribution in [1.82, 2.24) is 0 Å². The summed E-state index contributed by atoms with van der Waals surface area (Å²) in [6.45, 7) is 26.0. The second-order valence-corrected chi connectivity index (χ2v) is 38.7. The molecular weight excluding hydrogens is 1910 g/mol. The number of aromatic hydroxyl groups is 3. The Hall–Kier alpha value is -16.7. The van der Waals surface area contributed by atoms with Gasteiger partial charge in [-0.05, 0) is 293 Å². The van der Waals surface area contributed by atoms with E-state index < -0.39 is 89.3 Å². The number of ether oxygens (including phenoxy) is 5. The number of nitrogen functional groups attached to an aromatic ring is 1. The molecule has 0 aliphatic carbocycles. The second kappa shape index (κ2) is 46.4. The molecule has 11 aromatic rings. The van der Waals surface area contributed by atoms with Crippen molar-refractivity contribution in [1.29, 1.82) is 0 Å². The van der Waals surface area contributed by atoms with Crippen molar-refractivity contribution < 1.29 is 115 Å². The summed E-state index contributed by atoms with van der Waals surface area (Å²) in [4.78, 5) is 141. The number of carboxylic acid groups (broad SMARTS) is 1. The van der Waals surface area contributed by atoms with Gasteiger partial charge in [0.05, 0.1) is 62.2 Å². The monoisotopic (exact) mass is 2020 g/mol. The third kappa shape index (κ3) is 34.8. The molecule has 0 saturated heterocycles. The molecule has 0 spiro atoms. The van der Waals surface area contributed by atoms with Crippen LogP contribution in [0.25, 0.3) is 44.5 Å². The number of aromatic carboxylic acids is 1. The van der Waals surface area contributed by atoms with Gasteiger partial charge in [0.1, 0.15) is 68.1 Å². The minimum Gasteiger partial charge on any atom is -0.508 e. The van der Waals surface area contributed by atoms with Crippen molar-refractivity contribution in [2.75, 3.05) is 67.8 Å². The number of anilines is 9. The Balaban J connectivity index is 0.000000212. The van der Waals surface area contributed by atoms with E-state index >= 15 is 0 Å². The molecule has 0 atom stereocenters. The fourth-order valence-electron chi connectivity index (χ4n) is 12.8. The van der Waals surface area contributed by atoms with Gasteiger partial charge in [-0.15, -0.1) is 0 Å². The number of rotatable bonds is 17. The number of hydrogen-bond acceptors (Lipinski definition) is 27. The number of nitro groups is 3. The van der Waals surface area contributed by atoms with E-state index in [-0.39, 0.29) is 86.8 Å². The number of likely N-dealkylation sites (N-methyl/N-ethyl adjacent to an activating group) is 2. The lowest BCUT2D eigenvalue weighted by Gasteiger charge is -2.21. The molecule has 41 heteroatoms. The third-order valence-electron chi connectivity index (χ3n) is 18.9. The molecule has 2 aliphatic heterocycles. The number of nitrogens with two attached hydrogens (primary N) is 1. The summed E-state index contributed by atoms with van der Waals surface area (Å²) in [6, 6.07) is 59.3. The lowest BCUT2D eigenvalue weighted by Crippen LogP contribution is -2.27. The molecule has 141 heavy (non-hydrogen) atoms. The Bertz CT molecular complexity index is 6650. The second-order valence-electron chi connectivity index (χ2n) is 36.3. The average Bonchev–Trinajstić information content (AvgIpc) is 1.66. The third-order valence-corrected chi connectivity index (χ3v) is 19.9. The largest absolute Gasteiger partial charge is 0.508 e. The molecule has 0 fully saturated rings. The highest BCUT2D eigenvalue weighted by Gasteiger charge is 2.31. The Kier molecular flexibility index (Phi) is 36.1. The number of halogens is 1. The van der Waals surface area contributed by atoms with E-state index in [1.807, 2.05) is 6.07 Å². The van der Waals surface area contributed by atoms with Crippen LogP contribution in [0.15, 0.2) is 229 Å². The quantitative estimate of drug-likeness (QED) is 0.0133. The highest BCUT2D eigenvalue weighted by molar-refractivity contribution is 9.10. The van der Waals surface area contributed by atoms with Crippen LogP contribution in [0.2, 0.25) is 0 Å². The number of phenolic OH excluding ortho intramolecular Hbond substituents is 3. The summed E-state index contributed by atoms with van der Waals surface area (Å²) in [7, 11) is -0.250. The molecule has 11 aromatic carbocycles. The van der Waals surface area contributed by atoms with Crippen LogP contribution in [0.5, 0.6) is 23.0 Å². The van der Waals surface area contributed by atoms with Crippen molar-refractivity contribution in [2.45, 2.75) is 145 Å². The van der Waals surface area contributed by atoms with Crippen molar-refractivity contribution in [3.63, 3.8) is 0 Å². The molecule has 13 rings (SSSR count). The molecule has 742 valence electrons. The summed E-state index contributed by atoms with van der Waals surface area (Å²) in [6.07, 6.45) is -2.01. The van der Waals surface area contributed by atoms with Gasteiger partial charge in [0.2, 0.25) is 11.8 Å². The summed E-state index contributed by atoms with van der Waals surface area (Å²) in [5, 5.41) is 85.8. The molecule has 0 saturated carbocycles. The maximum atomic E-state index is 13.1. The molecule has 12 N–H and O–H groups in total. The minimum absolute atomic E-state index is 0.0000276. The van der Waals surface area contributed by atoms with Crippen LogP contribution >= 0.6 is 15.9 Å². The average molecular weight is 2020 g/mol.